The summed E-state index contributed by atoms with van der Waals surface area (Å²) in [7, 11) is -3.59. The van der Waals surface area contributed by atoms with Gasteiger partial charge in [0, 0.05) is 45.8 Å². The van der Waals surface area contributed by atoms with Gasteiger partial charge in [0.1, 0.15) is 12.4 Å². The van der Waals surface area contributed by atoms with Crippen molar-refractivity contribution in [1.29, 1.82) is 0 Å². The fourth-order valence-corrected chi connectivity index (χ4v) is 5.19. The Bertz CT molecular complexity index is 720. The number of hydrogen-bond donors (Lipinski definition) is 1. The monoisotopic (exact) mass is 397 g/mol. The highest BCUT2D eigenvalue weighted by Gasteiger charge is 2.37. The molecule has 8 nitrogen and oxygen atoms in total. The lowest BCUT2D eigenvalue weighted by molar-refractivity contribution is -0.142. The molecule has 1 unspecified atom stereocenters. The van der Waals surface area contributed by atoms with Crippen molar-refractivity contribution in [1.82, 2.24) is 13.5 Å². The number of carboxylic acid groups (broad SMARTS) is 1. The third kappa shape index (κ3) is 5.19. The first-order valence-corrected chi connectivity index (χ1v) is 10.7. The van der Waals surface area contributed by atoms with Crippen molar-refractivity contribution in [3.63, 3.8) is 0 Å². The normalized spacial score (nSPS) is 23.2. The molecule has 3 rings (SSSR count). The van der Waals surface area contributed by atoms with Crippen LogP contribution >= 0.6 is 0 Å². The van der Waals surface area contributed by atoms with Crippen LogP contribution in [0, 0.1) is 5.92 Å². The van der Waals surface area contributed by atoms with Crippen molar-refractivity contribution in [2.24, 2.45) is 5.92 Å². The Hall–Kier alpha value is -1.68. The second-order valence-corrected chi connectivity index (χ2v) is 8.87. The minimum Gasteiger partial charge on any atom is -0.492 e. The van der Waals surface area contributed by atoms with E-state index in [-0.39, 0.29) is 6.54 Å². The molecule has 1 N–H and O–H groups in total. The molecule has 2 fully saturated rings. The fourth-order valence-electron chi connectivity index (χ4n) is 3.51. The van der Waals surface area contributed by atoms with Gasteiger partial charge in [0.2, 0.25) is 0 Å². The molecule has 0 saturated carbocycles. The van der Waals surface area contributed by atoms with E-state index in [9.17, 15) is 18.3 Å². The lowest BCUT2D eigenvalue weighted by atomic mass is 10.0. The molecule has 2 heterocycles. The average molecular weight is 397 g/mol. The van der Waals surface area contributed by atoms with Crippen molar-refractivity contribution in [2.75, 3.05) is 52.4 Å². The summed E-state index contributed by atoms with van der Waals surface area (Å²) in [6, 6.07) is 9.61. The molecule has 150 valence electrons. The van der Waals surface area contributed by atoms with Gasteiger partial charge >= 0.3 is 5.97 Å². The van der Waals surface area contributed by atoms with Crippen LogP contribution < -0.4 is 4.74 Å². The van der Waals surface area contributed by atoms with E-state index in [2.05, 4.69) is 4.90 Å². The zero-order chi connectivity index (χ0) is 19.3. The standard InChI is InChI=1S/C18H27N3O5S/c22-18(23)16-5-4-8-21(15-16)27(24,25)20-11-9-19(10-12-20)13-14-26-17-6-2-1-3-7-17/h1-3,6-7,16H,4-5,8-15H2,(H,22,23). The Morgan fingerprint density at radius 2 is 1.78 bits per heavy atom. The van der Waals surface area contributed by atoms with Crippen molar-refractivity contribution >= 4 is 16.2 Å². The number of carbonyl (C=O) groups is 1. The van der Waals surface area contributed by atoms with E-state index in [0.717, 1.165) is 12.3 Å². The predicted molar refractivity (Wildman–Crippen MR) is 101 cm³/mol. The highest BCUT2D eigenvalue weighted by Crippen LogP contribution is 2.22. The van der Waals surface area contributed by atoms with E-state index in [1.165, 1.54) is 8.61 Å². The molecule has 0 spiro atoms. The maximum Gasteiger partial charge on any atom is 0.307 e. The van der Waals surface area contributed by atoms with Crippen LogP contribution in [0.3, 0.4) is 0 Å². The van der Waals surface area contributed by atoms with Gasteiger partial charge in [-0.3, -0.25) is 9.69 Å². The predicted octanol–water partition coefficient (Wildman–Crippen LogP) is 0.724. The van der Waals surface area contributed by atoms with Crippen LogP contribution in [0.25, 0.3) is 0 Å². The molecule has 27 heavy (non-hydrogen) atoms. The molecular formula is C18H27N3O5S. The third-order valence-corrected chi connectivity index (χ3v) is 7.14. The molecule has 1 aromatic rings. The largest absolute Gasteiger partial charge is 0.492 e. The molecular weight excluding hydrogens is 370 g/mol. The Kier molecular flexibility index (Phi) is 6.69. The van der Waals surface area contributed by atoms with Crippen LogP contribution in [-0.2, 0) is 15.0 Å². The quantitative estimate of drug-likeness (QED) is 0.729. The Balaban J connectivity index is 1.45. The first kappa shape index (κ1) is 20.1. The van der Waals surface area contributed by atoms with Crippen LogP contribution in [0.5, 0.6) is 5.75 Å². The number of hydrogen-bond acceptors (Lipinski definition) is 5. The summed E-state index contributed by atoms with van der Waals surface area (Å²) >= 11 is 0. The van der Waals surface area contributed by atoms with Gasteiger partial charge < -0.3 is 9.84 Å². The molecule has 0 radical (unpaired) electrons. The van der Waals surface area contributed by atoms with Gasteiger partial charge in [-0.2, -0.15) is 17.0 Å². The first-order chi connectivity index (χ1) is 13.0. The third-order valence-electron chi connectivity index (χ3n) is 5.14. The van der Waals surface area contributed by atoms with E-state index < -0.39 is 22.1 Å². The van der Waals surface area contributed by atoms with Crippen molar-refractivity contribution < 1.29 is 23.1 Å². The number of benzene rings is 1. The second kappa shape index (κ2) is 9.01. The highest BCUT2D eigenvalue weighted by molar-refractivity contribution is 7.86. The molecule has 1 atom stereocenters. The Morgan fingerprint density at radius 3 is 2.44 bits per heavy atom. The van der Waals surface area contributed by atoms with E-state index in [1.54, 1.807) is 0 Å². The molecule has 2 aliphatic heterocycles. The van der Waals surface area contributed by atoms with E-state index in [4.69, 9.17) is 4.74 Å². The molecule has 0 aliphatic carbocycles. The minimum absolute atomic E-state index is 0.0722. The molecule has 2 saturated heterocycles. The molecule has 0 aromatic heterocycles. The number of ether oxygens (including phenoxy) is 1. The summed E-state index contributed by atoms with van der Waals surface area (Å²) in [6.45, 7) is 3.90. The van der Waals surface area contributed by atoms with Gasteiger partial charge in [-0.05, 0) is 25.0 Å². The van der Waals surface area contributed by atoms with E-state index in [1.807, 2.05) is 30.3 Å². The number of aliphatic carboxylic acids is 1. The van der Waals surface area contributed by atoms with Crippen molar-refractivity contribution in [2.45, 2.75) is 12.8 Å². The van der Waals surface area contributed by atoms with Crippen molar-refractivity contribution in [3.05, 3.63) is 30.3 Å². The summed E-state index contributed by atoms with van der Waals surface area (Å²) in [5.74, 6) is -0.695. The number of piperazine rings is 1. The maximum absolute atomic E-state index is 12.8. The van der Waals surface area contributed by atoms with Gasteiger partial charge in [0.05, 0.1) is 5.92 Å². The van der Waals surface area contributed by atoms with Gasteiger partial charge in [0.15, 0.2) is 0 Å². The van der Waals surface area contributed by atoms with Gasteiger partial charge in [-0.15, -0.1) is 0 Å². The maximum atomic E-state index is 12.8. The summed E-state index contributed by atoms with van der Waals surface area (Å²) in [5, 5.41) is 9.18. The summed E-state index contributed by atoms with van der Waals surface area (Å²) in [5.41, 5.74) is 0. The molecule has 9 heteroatoms. The number of piperidine rings is 1. The van der Waals surface area contributed by atoms with E-state index in [0.29, 0.717) is 52.2 Å². The smallest absolute Gasteiger partial charge is 0.307 e. The Labute approximate surface area is 160 Å². The van der Waals surface area contributed by atoms with Crippen LogP contribution in [0.1, 0.15) is 12.8 Å². The topological polar surface area (TPSA) is 90.4 Å². The molecule has 1 aromatic carbocycles. The van der Waals surface area contributed by atoms with Crippen molar-refractivity contribution in [3.8, 4) is 5.75 Å². The zero-order valence-corrected chi connectivity index (χ0v) is 16.2. The number of carboxylic acids is 1. The summed E-state index contributed by atoms with van der Waals surface area (Å²) < 4.78 is 34.2. The fraction of sp³-hybridized carbons (Fsp3) is 0.611. The second-order valence-electron chi connectivity index (χ2n) is 6.95. The van der Waals surface area contributed by atoms with Crippen LogP contribution in [0.4, 0.5) is 0 Å². The Morgan fingerprint density at radius 1 is 1.07 bits per heavy atom. The summed E-state index contributed by atoms with van der Waals surface area (Å²) in [4.78, 5) is 13.4. The highest BCUT2D eigenvalue weighted by atomic mass is 32.2. The van der Waals surface area contributed by atoms with Crippen LogP contribution in [-0.4, -0.2) is 85.4 Å². The van der Waals surface area contributed by atoms with E-state index >= 15 is 0 Å². The van der Waals surface area contributed by atoms with Gasteiger partial charge in [0.25, 0.3) is 10.2 Å². The number of rotatable bonds is 7. The van der Waals surface area contributed by atoms with Gasteiger partial charge in [-0.1, -0.05) is 18.2 Å². The van der Waals surface area contributed by atoms with Crippen LogP contribution in [0.2, 0.25) is 0 Å². The lowest BCUT2D eigenvalue weighted by Crippen LogP contribution is -2.55. The summed E-state index contributed by atoms with van der Waals surface area (Å²) in [6.07, 6.45) is 1.13. The number of para-hydroxylation sites is 1. The average Bonchev–Trinajstić information content (AvgIpc) is 2.69. The van der Waals surface area contributed by atoms with Gasteiger partial charge in [-0.25, -0.2) is 0 Å². The molecule has 0 bridgehead atoms. The lowest BCUT2D eigenvalue weighted by Gasteiger charge is -2.38. The first-order valence-electron chi connectivity index (χ1n) is 9.35. The SMILES string of the molecule is O=C(O)C1CCCN(S(=O)(=O)N2CCN(CCOc3ccccc3)CC2)C1. The zero-order valence-electron chi connectivity index (χ0n) is 15.4. The number of nitrogens with zero attached hydrogens (tertiary/aromatic N) is 3. The van der Waals surface area contributed by atoms with Crippen LogP contribution in [0.15, 0.2) is 30.3 Å². The molecule has 2 aliphatic rings. The molecule has 0 amide bonds. The minimum atomic E-state index is -3.59.